The highest BCUT2D eigenvalue weighted by molar-refractivity contribution is 5.81. The molecule has 0 bridgehead atoms. The van der Waals surface area contributed by atoms with Gasteiger partial charge >= 0.3 is 0 Å². The number of terminal acetylenes is 1. The second-order valence-electron chi connectivity index (χ2n) is 3.77. The van der Waals surface area contributed by atoms with Gasteiger partial charge in [-0.3, -0.25) is 4.79 Å². The molecule has 1 amide bonds. The highest BCUT2D eigenvalue weighted by Gasteiger charge is 2.10. The molecule has 4 heteroatoms. The highest BCUT2D eigenvalue weighted by Crippen LogP contribution is 1.91. The monoisotopic (exact) mass is 212 g/mol. The summed E-state index contributed by atoms with van der Waals surface area (Å²) in [5, 5.41) is 2.66. The third kappa shape index (κ3) is 7.98. The molecule has 0 aromatic heterocycles. The topological polar surface area (TPSA) is 64.4 Å². The third-order valence-corrected chi connectivity index (χ3v) is 1.67. The molecule has 86 valence electrons. The van der Waals surface area contributed by atoms with Gasteiger partial charge in [0, 0.05) is 19.6 Å². The highest BCUT2D eigenvalue weighted by atomic mass is 16.5. The summed E-state index contributed by atoms with van der Waals surface area (Å²) in [5.74, 6) is 2.63. The largest absolute Gasteiger partial charge is 0.379 e. The van der Waals surface area contributed by atoms with E-state index in [9.17, 15) is 4.79 Å². The Morgan fingerprint density at radius 1 is 1.60 bits per heavy atom. The third-order valence-electron chi connectivity index (χ3n) is 1.67. The van der Waals surface area contributed by atoms with E-state index >= 15 is 0 Å². The predicted octanol–water partition coefficient (Wildman–Crippen LogP) is 0.126. The van der Waals surface area contributed by atoms with Gasteiger partial charge in [-0.1, -0.05) is 13.8 Å². The summed E-state index contributed by atoms with van der Waals surface area (Å²) in [6, 6.07) is -0.611. The molecule has 0 aliphatic carbocycles. The fraction of sp³-hybridized carbons (Fsp3) is 0.727. The van der Waals surface area contributed by atoms with Crippen LogP contribution >= 0.6 is 0 Å². The maximum atomic E-state index is 11.2. The lowest BCUT2D eigenvalue weighted by atomic mass is 10.2. The van der Waals surface area contributed by atoms with Crippen molar-refractivity contribution < 1.29 is 9.53 Å². The van der Waals surface area contributed by atoms with Crippen molar-refractivity contribution in [1.29, 1.82) is 0 Å². The number of carbonyl (C=O) groups excluding carboxylic acids is 1. The first kappa shape index (κ1) is 13.9. The van der Waals surface area contributed by atoms with E-state index in [4.69, 9.17) is 16.9 Å². The van der Waals surface area contributed by atoms with Crippen LogP contribution in [0.15, 0.2) is 0 Å². The average molecular weight is 212 g/mol. The van der Waals surface area contributed by atoms with Gasteiger partial charge in [-0.25, -0.2) is 0 Å². The fourth-order valence-electron chi connectivity index (χ4n) is 0.916. The van der Waals surface area contributed by atoms with Crippen molar-refractivity contribution in [2.75, 3.05) is 19.8 Å². The minimum Gasteiger partial charge on any atom is -0.379 e. The zero-order valence-corrected chi connectivity index (χ0v) is 9.45. The van der Waals surface area contributed by atoms with E-state index in [1.807, 2.05) is 0 Å². The molecule has 0 radical (unpaired) electrons. The first-order valence-electron chi connectivity index (χ1n) is 5.12. The van der Waals surface area contributed by atoms with Crippen molar-refractivity contribution in [2.45, 2.75) is 26.3 Å². The van der Waals surface area contributed by atoms with Crippen LogP contribution in [0.2, 0.25) is 0 Å². The Kier molecular flexibility index (Phi) is 7.69. The van der Waals surface area contributed by atoms with Crippen LogP contribution in [0.3, 0.4) is 0 Å². The molecule has 0 rings (SSSR count). The van der Waals surface area contributed by atoms with Crippen LogP contribution < -0.4 is 11.1 Å². The molecular formula is C11H20N2O2. The molecule has 0 fully saturated rings. The standard InChI is InChI=1S/C11H20N2O2/c1-4-5-10(12)11(14)13-6-7-15-8-9(2)3/h1,9-10H,5-8,12H2,2-3H3,(H,13,14). The Hall–Kier alpha value is -1.05. The number of nitrogens with two attached hydrogens (primary N) is 1. The van der Waals surface area contributed by atoms with E-state index in [0.717, 1.165) is 0 Å². The minimum absolute atomic E-state index is 0.221. The van der Waals surface area contributed by atoms with Crippen molar-refractivity contribution in [3.63, 3.8) is 0 Å². The Morgan fingerprint density at radius 2 is 2.27 bits per heavy atom. The molecule has 0 heterocycles. The Labute approximate surface area is 91.6 Å². The number of amides is 1. The molecule has 0 saturated carbocycles. The first-order valence-corrected chi connectivity index (χ1v) is 5.12. The lowest BCUT2D eigenvalue weighted by Crippen LogP contribution is -2.41. The van der Waals surface area contributed by atoms with E-state index in [1.165, 1.54) is 0 Å². The van der Waals surface area contributed by atoms with Gasteiger partial charge in [-0.15, -0.1) is 12.3 Å². The smallest absolute Gasteiger partial charge is 0.237 e. The summed E-state index contributed by atoms with van der Waals surface area (Å²) in [4.78, 5) is 11.2. The summed E-state index contributed by atoms with van der Waals surface area (Å²) in [5.41, 5.74) is 5.50. The van der Waals surface area contributed by atoms with E-state index in [0.29, 0.717) is 25.7 Å². The van der Waals surface area contributed by atoms with Gasteiger partial charge in [0.25, 0.3) is 0 Å². The normalized spacial score (nSPS) is 12.2. The van der Waals surface area contributed by atoms with E-state index in [-0.39, 0.29) is 12.3 Å². The lowest BCUT2D eigenvalue weighted by molar-refractivity contribution is -0.122. The maximum Gasteiger partial charge on any atom is 0.237 e. The van der Waals surface area contributed by atoms with Crippen molar-refractivity contribution in [3.05, 3.63) is 0 Å². The van der Waals surface area contributed by atoms with Gasteiger partial charge < -0.3 is 15.8 Å². The van der Waals surface area contributed by atoms with Crippen LogP contribution in [0, 0.1) is 18.3 Å². The lowest BCUT2D eigenvalue weighted by Gasteiger charge is -2.10. The summed E-state index contributed by atoms with van der Waals surface area (Å²) < 4.78 is 5.29. The molecule has 4 nitrogen and oxygen atoms in total. The van der Waals surface area contributed by atoms with E-state index in [1.54, 1.807) is 0 Å². The van der Waals surface area contributed by atoms with Crippen LogP contribution in [0.4, 0.5) is 0 Å². The van der Waals surface area contributed by atoms with Crippen molar-refractivity contribution in [3.8, 4) is 12.3 Å². The van der Waals surface area contributed by atoms with Crippen LogP contribution in [-0.4, -0.2) is 31.7 Å². The van der Waals surface area contributed by atoms with Gasteiger partial charge in [-0.05, 0) is 5.92 Å². The van der Waals surface area contributed by atoms with Gasteiger partial charge in [0.1, 0.15) is 0 Å². The molecule has 0 aromatic rings. The number of hydrogen-bond donors (Lipinski definition) is 2. The molecule has 0 saturated heterocycles. The molecule has 1 atom stereocenters. The first-order chi connectivity index (χ1) is 7.07. The molecular weight excluding hydrogens is 192 g/mol. The summed E-state index contributed by atoms with van der Waals surface area (Å²) in [6.45, 7) is 5.83. The molecule has 0 spiro atoms. The number of hydrogen-bond acceptors (Lipinski definition) is 3. The average Bonchev–Trinajstić information content (AvgIpc) is 2.16. The SMILES string of the molecule is C#CCC(N)C(=O)NCCOCC(C)C. The van der Waals surface area contributed by atoms with Gasteiger partial charge in [0.2, 0.25) is 5.91 Å². The summed E-state index contributed by atoms with van der Waals surface area (Å²) in [7, 11) is 0. The van der Waals surface area contributed by atoms with Crippen LogP contribution in [0.5, 0.6) is 0 Å². The minimum atomic E-state index is -0.611. The number of ether oxygens (including phenoxy) is 1. The number of carbonyl (C=O) groups is 1. The molecule has 3 N–H and O–H groups in total. The molecule has 0 aliphatic rings. The van der Waals surface area contributed by atoms with Crippen molar-refractivity contribution in [2.24, 2.45) is 11.7 Å². The number of rotatable bonds is 7. The van der Waals surface area contributed by atoms with E-state index < -0.39 is 6.04 Å². The zero-order valence-electron chi connectivity index (χ0n) is 9.45. The maximum absolute atomic E-state index is 11.2. The Balaban J connectivity index is 3.43. The predicted molar refractivity (Wildman–Crippen MR) is 60.1 cm³/mol. The zero-order chi connectivity index (χ0) is 11.7. The van der Waals surface area contributed by atoms with Crippen LogP contribution in [0.25, 0.3) is 0 Å². The quantitative estimate of drug-likeness (QED) is 0.465. The second kappa shape index (κ2) is 8.27. The molecule has 0 aromatic carbocycles. The Bertz CT molecular complexity index is 221. The van der Waals surface area contributed by atoms with Gasteiger partial charge in [0.15, 0.2) is 0 Å². The fourth-order valence-corrected chi connectivity index (χ4v) is 0.916. The molecule has 15 heavy (non-hydrogen) atoms. The van der Waals surface area contributed by atoms with Crippen molar-refractivity contribution in [1.82, 2.24) is 5.32 Å². The van der Waals surface area contributed by atoms with E-state index in [2.05, 4.69) is 25.1 Å². The number of nitrogens with one attached hydrogen (secondary N) is 1. The van der Waals surface area contributed by atoms with Gasteiger partial charge in [-0.2, -0.15) is 0 Å². The molecule has 1 unspecified atom stereocenters. The van der Waals surface area contributed by atoms with Crippen LogP contribution in [-0.2, 0) is 9.53 Å². The van der Waals surface area contributed by atoms with Gasteiger partial charge in [0.05, 0.1) is 12.6 Å². The summed E-state index contributed by atoms with van der Waals surface area (Å²) in [6.07, 6.45) is 5.30. The second-order valence-corrected chi connectivity index (χ2v) is 3.77. The summed E-state index contributed by atoms with van der Waals surface area (Å²) >= 11 is 0. The van der Waals surface area contributed by atoms with Crippen molar-refractivity contribution >= 4 is 5.91 Å². The Morgan fingerprint density at radius 3 is 2.80 bits per heavy atom. The van der Waals surface area contributed by atoms with Crippen LogP contribution in [0.1, 0.15) is 20.3 Å². The molecule has 0 aliphatic heterocycles.